The van der Waals surface area contributed by atoms with Gasteiger partial charge in [-0.25, -0.2) is 0 Å². The van der Waals surface area contributed by atoms with Gasteiger partial charge in [0, 0.05) is 44.3 Å². The van der Waals surface area contributed by atoms with Crippen molar-refractivity contribution < 1.29 is 4.42 Å². The van der Waals surface area contributed by atoms with Crippen LogP contribution in [0.25, 0.3) is 127 Å². The lowest BCUT2D eigenvalue weighted by molar-refractivity contribution is 0.669. The summed E-state index contributed by atoms with van der Waals surface area (Å²) in [5.74, 6) is 0. The van der Waals surface area contributed by atoms with Gasteiger partial charge >= 0.3 is 0 Å². The molecule has 15 aromatic rings. The smallest absolute Gasteiger partial charge is 0.136 e. The van der Waals surface area contributed by atoms with Gasteiger partial charge in [-0.05, 0) is 175 Å². The van der Waals surface area contributed by atoms with Crippen molar-refractivity contribution in [1.29, 1.82) is 0 Å². The fourth-order valence-electron chi connectivity index (χ4n) is 12.0. The van der Waals surface area contributed by atoms with E-state index in [1.165, 1.54) is 55.2 Å². The van der Waals surface area contributed by atoms with Crippen LogP contribution in [0, 0.1) is 0 Å². The molecule has 0 spiro atoms. The average Bonchev–Trinajstić information content (AvgIpc) is 4.35. The number of para-hydroxylation sites is 3. The van der Waals surface area contributed by atoms with E-state index in [0.29, 0.717) is 0 Å². The van der Waals surface area contributed by atoms with Crippen molar-refractivity contribution in [2.24, 2.45) is 0 Å². The van der Waals surface area contributed by atoms with Crippen molar-refractivity contribution in [3.8, 4) is 83.6 Å². The third-order valence-electron chi connectivity index (χ3n) is 16.0. The molecule has 2 aromatic heterocycles. The number of anilines is 3. The minimum absolute atomic E-state index is 0.901. The van der Waals surface area contributed by atoms with E-state index in [0.717, 1.165) is 89.2 Å². The van der Waals surface area contributed by atoms with E-state index in [1.807, 2.05) is 12.1 Å². The van der Waals surface area contributed by atoms with Gasteiger partial charge in [-0.3, -0.25) is 0 Å². The number of rotatable bonds is 11. The maximum atomic E-state index is 6.27. The molecule has 0 aliphatic rings. The highest BCUT2D eigenvalue weighted by Crippen LogP contribution is 2.42. The van der Waals surface area contributed by atoms with E-state index in [2.05, 4.69) is 313 Å². The predicted molar refractivity (Wildman–Crippen MR) is 341 cm³/mol. The quantitative estimate of drug-likeness (QED) is 0.129. The number of furan rings is 1. The summed E-state index contributed by atoms with van der Waals surface area (Å²) in [4.78, 5) is 2.36. The Morgan fingerprint density at radius 2 is 0.580 bits per heavy atom. The van der Waals surface area contributed by atoms with E-state index in [4.69, 9.17) is 4.42 Å². The van der Waals surface area contributed by atoms with Crippen LogP contribution >= 0.6 is 0 Å². The predicted octanol–water partition coefficient (Wildman–Crippen LogP) is 21.8. The molecule has 0 radical (unpaired) electrons. The molecule has 0 saturated heterocycles. The van der Waals surface area contributed by atoms with Gasteiger partial charge in [0.25, 0.3) is 0 Å². The summed E-state index contributed by atoms with van der Waals surface area (Å²) < 4.78 is 8.66. The fourth-order valence-corrected chi connectivity index (χ4v) is 12.0. The summed E-state index contributed by atoms with van der Waals surface area (Å²) in [6.07, 6.45) is 0. The first-order chi connectivity index (χ1) is 40.1. The van der Waals surface area contributed by atoms with Crippen LogP contribution in [-0.2, 0) is 0 Å². The molecular weight excluding hydrogens is 981 g/mol. The minimum atomic E-state index is 0.901. The van der Waals surface area contributed by atoms with E-state index in [1.54, 1.807) is 0 Å². The van der Waals surface area contributed by atoms with Gasteiger partial charge in [-0.15, -0.1) is 0 Å². The summed E-state index contributed by atoms with van der Waals surface area (Å²) in [6, 6.07) is 114. The number of nitrogens with zero attached hydrogens (tertiary/aromatic N) is 2. The minimum Gasteiger partial charge on any atom is -0.456 e. The molecule has 3 nitrogen and oxygen atoms in total. The molecule has 13 aromatic carbocycles. The molecule has 15 rings (SSSR count). The molecule has 380 valence electrons. The molecule has 0 atom stereocenters. The maximum absolute atomic E-state index is 6.27. The highest BCUT2D eigenvalue weighted by atomic mass is 16.3. The second-order valence-corrected chi connectivity index (χ2v) is 20.9. The number of aromatic nitrogens is 1. The van der Waals surface area contributed by atoms with Gasteiger partial charge in [-0.2, -0.15) is 0 Å². The summed E-state index contributed by atoms with van der Waals surface area (Å²) in [7, 11) is 0. The lowest BCUT2D eigenvalue weighted by atomic mass is 9.94. The monoisotopic (exact) mass is 1030 g/mol. The van der Waals surface area contributed by atoms with Crippen LogP contribution in [0.1, 0.15) is 0 Å². The second-order valence-electron chi connectivity index (χ2n) is 20.9. The van der Waals surface area contributed by atoms with E-state index < -0.39 is 0 Å². The summed E-state index contributed by atoms with van der Waals surface area (Å²) in [5.41, 5.74) is 25.0. The Bertz CT molecular complexity index is 4740. The summed E-state index contributed by atoms with van der Waals surface area (Å²) in [6.45, 7) is 0. The van der Waals surface area contributed by atoms with Gasteiger partial charge in [0.15, 0.2) is 0 Å². The van der Waals surface area contributed by atoms with Crippen molar-refractivity contribution in [2.75, 3.05) is 4.90 Å². The SMILES string of the molecule is c1ccc(-c2cccc(-c3cccc(-c4ccc(N(c5ccc(-c6cccc(-c7cccc(-c8cccc9oc%10ccccc%10c89)c7)c6)cc5)c5ccc(-c6cccc(-n7c8ccccc8c8ccccc87)c6)cc5)cc4)c3)c2)cc1. The molecule has 0 fully saturated rings. The molecule has 0 aliphatic carbocycles. The lowest BCUT2D eigenvalue weighted by Crippen LogP contribution is -2.09. The normalized spacial score (nSPS) is 11.5. The number of hydrogen-bond acceptors (Lipinski definition) is 2. The van der Waals surface area contributed by atoms with Crippen molar-refractivity contribution in [1.82, 2.24) is 4.57 Å². The number of hydrogen-bond donors (Lipinski definition) is 0. The Kier molecular flexibility index (Phi) is 11.9. The standard InChI is InChI=1S/C78H52N2O/c1-2-16-53(17-3-1)57-18-10-21-60(48-57)61-22-11-19-58(49-61)54-36-42-66(43-37-54)79(68-46-40-56(41-47-68)64-25-14-27-69(52-64)80-74-32-7-4-28-71(74)72-29-5-8-33-75(72)80)67-44-38-55(39-45-67)59-20-12-23-62(50-59)63-24-13-26-65(51-63)70-31-15-35-77-78(70)73-30-6-9-34-76(73)81-77/h1-52H. The van der Waals surface area contributed by atoms with Crippen molar-refractivity contribution >= 4 is 60.8 Å². The van der Waals surface area contributed by atoms with Crippen LogP contribution in [0.4, 0.5) is 17.1 Å². The molecular formula is C78H52N2O. The summed E-state index contributed by atoms with van der Waals surface area (Å²) in [5, 5.41) is 4.79. The Hall–Kier alpha value is -10.7. The van der Waals surface area contributed by atoms with Gasteiger partial charge in [0.1, 0.15) is 11.2 Å². The van der Waals surface area contributed by atoms with Crippen molar-refractivity contribution in [2.45, 2.75) is 0 Å². The lowest BCUT2D eigenvalue weighted by Gasteiger charge is -2.26. The molecule has 0 N–H and O–H groups in total. The maximum Gasteiger partial charge on any atom is 0.136 e. The molecule has 3 heteroatoms. The van der Waals surface area contributed by atoms with Crippen LogP contribution < -0.4 is 4.90 Å². The second kappa shape index (κ2) is 20.2. The van der Waals surface area contributed by atoms with E-state index >= 15 is 0 Å². The molecule has 0 aliphatic heterocycles. The first-order valence-corrected chi connectivity index (χ1v) is 27.7. The number of fused-ring (bicyclic) bond motifs is 6. The molecule has 0 amide bonds. The van der Waals surface area contributed by atoms with Gasteiger partial charge in [-0.1, -0.05) is 218 Å². The van der Waals surface area contributed by atoms with Crippen LogP contribution in [0.5, 0.6) is 0 Å². The van der Waals surface area contributed by atoms with Crippen LogP contribution in [0.3, 0.4) is 0 Å². The fraction of sp³-hybridized carbons (Fsp3) is 0. The third-order valence-corrected chi connectivity index (χ3v) is 16.0. The topological polar surface area (TPSA) is 21.3 Å². The average molecular weight is 1030 g/mol. The molecule has 2 heterocycles. The van der Waals surface area contributed by atoms with Gasteiger partial charge in [0.2, 0.25) is 0 Å². The van der Waals surface area contributed by atoms with Crippen LogP contribution in [0.15, 0.2) is 320 Å². The molecule has 0 unspecified atom stereocenters. The number of benzene rings is 13. The van der Waals surface area contributed by atoms with Crippen molar-refractivity contribution in [3.63, 3.8) is 0 Å². The Balaban J connectivity index is 0.764. The zero-order valence-corrected chi connectivity index (χ0v) is 44.3. The summed E-state index contributed by atoms with van der Waals surface area (Å²) >= 11 is 0. The Morgan fingerprint density at radius 1 is 0.235 bits per heavy atom. The van der Waals surface area contributed by atoms with Crippen LogP contribution in [0.2, 0.25) is 0 Å². The molecule has 0 saturated carbocycles. The van der Waals surface area contributed by atoms with Crippen molar-refractivity contribution in [3.05, 3.63) is 315 Å². The van der Waals surface area contributed by atoms with E-state index in [9.17, 15) is 0 Å². The highest BCUT2D eigenvalue weighted by molar-refractivity contribution is 6.13. The largest absolute Gasteiger partial charge is 0.456 e. The zero-order valence-electron chi connectivity index (χ0n) is 44.3. The third kappa shape index (κ3) is 8.84. The highest BCUT2D eigenvalue weighted by Gasteiger charge is 2.18. The first-order valence-electron chi connectivity index (χ1n) is 27.7. The Labute approximate surface area is 471 Å². The van der Waals surface area contributed by atoms with Gasteiger partial charge in [0.05, 0.1) is 11.0 Å². The van der Waals surface area contributed by atoms with Gasteiger partial charge < -0.3 is 13.9 Å². The Morgan fingerprint density at radius 3 is 1.09 bits per heavy atom. The zero-order chi connectivity index (χ0) is 53.6. The first kappa shape index (κ1) is 47.5. The molecule has 0 bridgehead atoms. The molecule has 81 heavy (non-hydrogen) atoms. The van der Waals surface area contributed by atoms with Crippen LogP contribution in [-0.4, -0.2) is 4.57 Å². The van der Waals surface area contributed by atoms with E-state index in [-0.39, 0.29) is 0 Å².